The van der Waals surface area contributed by atoms with Gasteiger partial charge in [0.25, 0.3) is 0 Å². The average Bonchev–Trinajstić information content (AvgIpc) is 2.45. The SMILES string of the molecule is CN(C)C(=O)COCC12CCCOC1CCN(C1CCC1)C2. The van der Waals surface area contributed by atoms with Crippen LogP contribution in [0.4, 0.5) is 0 Å². The monoisotopic (exact) mass is 310 g/mol. The predicted molar refractivity (Wildman–Crippen MR) is 84.7 cm³/mol. The lowest BCUT2D eigenvalue weighted by Gasteiger charge is -2.53. The molecule has 0 aromatic rings. The number of likely N-dealkylation sites (N-methyl/N-ethyl adjacent to an activating group) is 1. The molecule has 5 heteroatoms. The molecular weight excluding hydrogens is 280 g/mol. The molecule has 5 nitrogen and oxygen atoms in total. The van der Waals surface area contributed by atoms with Crippen LogP contribution in [0.2, 0.25) is 0 Å². The Labute approximate surface area is 133 Å². The summed E-state index contributed by atoms with van der Waals surface area (Å²) < 4.78 is 11.9. The number of amides is 1. The second kappa shape index (κ2) is 6.85. The number of rotatable bonds is 5. The maximum Gasteiger partial charge on any atom is 0.248 e. The van der Waals surface area contributed by atoms with Gasteiger partial charge < -0.3 is 14.4 Å². The number of piperidine rings is 1. The van der Waals surface area contributed by atoms with Gasteiger partial charge in [0, 0.05) is 45.2 Å². The molecule has 2 heterocycles. The fraction of sp³-hybridized carbons (Fsp3) is 0.941. The van der Waals surface area contributed by atoms with E-state index in [1.54, 1.807) is 19.0 Å². The molecule has 0 N–H and O–H groups in total. The van der Waals surface area contributed by atoms with Gasteiger partial charge >= 0.3 is 0 Å². The van der Waals surface area contributed by atoms with Crippen LogP contribution in [0.25, 0.3) is 0 Å². The molecule has 1 amide bonds. The minimum atomic E-state index is 0.0383. The van der Waals surface area contributed by atoms with Crippen molar-refractivity contribution in [3.05, 3.63) is 0 Å². The van der Waals surface area contributed by atoms with Gasteiger partial charge in [-0.15, -0.1) is 0 Å². The summed E-state index contributed by atoms with van der Waals surface area (Å²) in [5, 5.41) is 0. The third kappa shape index (κ3) is 3.31. The van der Waals surface area contributed by atoms with E-state index in [0.29, 0.717) is 12.7 Å². The molecule has 1 saturated carbocycles. The first kappa shape index (κ1) is 16.2. The fourth-order valence-electron chi connectivity index (χ4n) is 4.07. The highest BCUT2D eigenvalue weighted by atomic mass is 16.5. The van der Waals surface area contributed by atoms with E-state index in [2.05, 4.69) is 4.90 Å². The Morgan fingerprint density at radius 2 is 2.14 bits per heavy atom. The summed E-state index contributed by atoms with van der Waals surface area (Å²) in [4.78, 5) is 16.0. The highest BCUT2D eigenvalue weighted by molar-refractivity contribution is 5.76. The molecule has 2 aliphatic heterocycles. The molecular formula is C17H30N2O3. The van der Waals surface area contributed by atoms with Crippen LogP contribution in [-0.4, -0.2) is 74.9 Å². The van der Waals surface area contributed by atoms with Crippen molar-refractivity contribution in [1.29, 1.82) is 0 Å². The highest BCUT2D eigenvalue weighted by Crippen LogP contribution is 2.42. The van der Waals surface area contributed by atoms with E-state index < -0.39 is 0 Å². The smallest absolute Gasteiger partial charge is 0.248 e. The predicted octanol–water partition coefficient (Wildman–Crippen LogP) is 1.51. The number of ether oxygens (including phenoxy) is 2. The van der Waals surface area contributed by atoms with Crippen molar-refractivity contribution in [2.24, 2.45) is 5.41 Å². The molecule has 0 bridgehead atoms. The van der Waals surface area contributed by atoms with Crippen molar-refractivity contribution in [2.45, 2.75) is 50.7 Å². The van der Waals surface area contributed by atoms with Gasteiger partial charge in [-0.1, -0.05) is 6.42 Å². The topological polar surface area (TPSA) is 42.0 Å². The summed E-state index contributed by atoms with van der Waals surface area (Å²) in [5.41, 5.74) is 0.0959. The molecule has 3 aliphatic rings. The van der Waals surface area contributed by atoms with Crippen LogP contribution in [0.3, 0.4) is 0 Å². The van der Waals surface area contributed by atoms with E-state index in [0.717, 1.165) is 45.0 Å². The largest absolute Gasteiger partial charge is 0.377 e. The molecule has 3 fully saturated rings. The van der Waals surface area contributed by atoms with Crippen molar-refractivity contribution < 1.29 is 14.3 Å². The number of hydrogen-bond donors (Lipinski definition) is 0. The van der Waals surface area contributed by atoms with Crippen LogP contribution in [0, 0.1) is 5.41 Å². The summed E-state index contributed by atoms with van der Waals surface area (Å²) in [6, 6.07) is 0.781. The maximum absolute atomic E-state index is 11.7. The Kier molecular flexibility index (Phi) is 5.05. The first-order valence-electron chi connectivity index (χ1n) is 8.74. The number of nitrogens with zero attached hydrogens (tertiary/aromatic N) is 2. The number of hydrogen-bond acceptors (Lipinski definition) is 4. The van der Waals surface area contributed by atoms with Gasteiger partial charge in [-0.2, -0.15) is 0 Å². The number of likely N-dealkylation sites (tertiary alicyclic amines) is 1. The molecule has 0 radical (unpaired) electrons. The van der Waals surface area contributed by atoms with Crippen molar-refractivity contribution in [2.75, 3.05) is 47.0 Å². The van der Waals surface area contributed by atoms with E-state index in [-0.39, 0.29) is 17.9 Å². The number of carbonyl (C=O) groups is 1. The first-order valence-corrected chi connectivity index (χ1v) is 8.74. The zero-order valence-corrected chi connectivity index (χ0v) is 14.1. The zero-order chi connectivity index (χ0) is 15.6. The first-order chi connectivity index (χ1) is 10.6. The van der Waals surface area contributed by atoms with E-state index >= 15 is 0 Å². The minimum Gasteiger partial charge on any atom is -0.377 e. The van der Waals surface area contributed by atoms with Crippen LogP contribution in [0.15, 0.2) is 0 Å². The Bertz CT molecular complexity index is 397. The van der Waals surface area contributed by atoms with Gasteiger partial charge in [-0.3, -0.25) is 9.69 Å². The van der Waals surface area contributed by atoms with Crippen molar-refractivity contribution in [3.8, 4) is 0 Å². The minimum absolute atomic E-state index is 0.0383. The summed E-state index contributed by atoms with van der Waals surface area (Å²) >= 11 is 0. The molecule has 2 saturated heterocycles. The molecule has 22 heavy (non-hydrogen) atoms. The van der Waals surface area contributed by atoms with Gasteiger partial charge in [-0.05, 0) is 32.1 Å². The quantitative estimate of drug-likeness (QED) is 0.772. The normalized spacial score (nSPS) is 33.1. The third-order valence-corrected chi connectivity index (χ3v) is 5.72. The second-order valence-corrected chi connectivity index (χ2v) is 7.45. The van der Waals surface area contributed by atoms with Gasteiger partial charge in [0.15, 0.2) is 0 Å². The van der Waals surface area contributed by atoms with Gasteiger partial charge in [0.05, 0.1) is 12.7 Å². The lowest BCUT2D eigenvalue weighted by Crippen LogP contribution is -2.59. The Balaban J connectivity index is 1.60. The third-order valence-electron chi connectivity index (χ3n) is 5.72. The molecule has 1 aliphatic carbocycles. The lowest BCUT2D eigenvalue weighted by molar-refractivity contribution is -0.165. The summed E-state index contributed by atoms with van der Waals surface area (Å²) in [6.45, 7) is 3.96. The van der Waals surface area contributed by atoms with Crippen molar-refractivity contribution in [3.63, 3.8) is 0 Å². The molecule has 3 rings (SSSR count). The fourth-order valence-corrected chi connectivity index (χ4v) is 4.07. The van der Waals surface area contributed by atoms with Crippen LogP contribution in [0.5, 0.6) is 0 Å². The van der Waals surface area contributed by atoms with Crippen LogP contribution < -0.4 is 0 Å². The molecule has 0 aromatic heterocycles. The Morgan fingerprint density at radius 1 is 1.32 bits per heavy atom. The molecule has 126 valence electrons. The van der Waals surface area contributed by atoms with Crippen LogP contribution in [0.1, 0.15) is 38.5 Å². The summed E-state index contributed by atoms with van der Waals surface area (Å²) in [7, 11) is 3.55. The molecule has 0 spiro atoms. The lowest BCUT2D eigenvalue weighted by atomic mass is 9.72. The molecule has 0 aromatic carbocycles. The van der Waals surface area contributed by atoms with Gasteiger partial charge in [0.2, 0.25) is 5.91 Å². The Morgan fingerprint density at radius 3 is 2.82 bits per heavy atom. The van der Waals surface area contributed by atoms with Gasteiger partial charge in [-0.25, -0.2) is 0 Å². The zero-order valence-electron chi connectivity index (χ0n) is 14.1. The van der Waals surface area contributed by atoms with Crippen molar-refractivity contribution >= 4 is 5.91 Å². The summed E-state index contributed by atoms with van der Waals surface area (Å²) in [6.07, 6.45) is 7.77. The molecule has 2 unspecified atom stereocenters. The standard InChI is InChI=1S/C17H30N2O3/c1-18(2)16(20)11-21-13-17-8-4-10-22-15(17)7-9-19(12-17)14-5-3-6-14/h14-15H,3-13H2,1-2H3. The number of carbonyl (C=O) groups excluding carboxylic acids is 1. The van der Waals surface area contributed by atoms with E-state index in [4.69, 9.17) is 9.47 Å². The maximum atomic E-state index is 11.7. The van der Waals surface area contributed by atoms with Gasteiger partial charge in [0.1, 0.15) is 6.61 Å². The van der Waals surface area contributed by atoms with Crippen LogP contribution >= 0.6 is 0 Å². The number of fused-ring (bicyclic) bond motifs is 1. The van der Waals surface area contributed by atoms with Crippen molar-refractivity contribution in [1.82, 2.24) is 9.80 Å². The van der Waals surface area contributed by atoms with E-state index in [9.17, 15) is 4.79 Å². The van der Waals surface area contributed by atoms with E-state index in [1.165, 1.54) is 19.3 Å². The van der Waals surface area contributed by atoms with Crippen LogP contribution in [-0.2, 0) is 14.3 Å². The van der Waals surface area contributed by atoms with E-state index in [1.807, 2.05) is 0 Å². The Hall–Kier alpha value is -0.650. The summed E-state index contributed by atoms with van der Waals surface area (Å²) in [5.74, 6) is 0.0383. The highest BCUT2D eigenvalue weighted by Gasteiger charge is 2.47. The molecule has 2 atom stereocenters. The average molecular weight is 310 g/mol. The second-order valence-electron chi connectivity index (χ2n) is 7.45.